The molecule has 1 heterocycles. The Morgan fingerprint density at radius 2 is 1.26 bits per heavy atom. The fourth-order valence-corrected chi connectivity index (χ4v) is 6.78. The normalized spacial score (nSPS) is 40.6. The first-order valence-electron chi connectivity index (χ1n) is 13.4. The monoisotopic (exact) mass is 436 g/mol. The fraction of sp³-hybridized carbons (Fsp3) is 1.00. The molecule has 31 heavy (non-hydrogen) atoms. The Morgan fingerprint density at radius 3 is 1.71 bits per heavy atom. The van der Waals surface area contributed by atoms with Crippen molar-refractivity contribution in [1.29, 1.82) is 0 Å². The molecular weight excluding hydrogens is 384 g/mol. The van der Waals surface area contributed by atoms with Gasteiger partial charge in [-0.25, -0.2) is 0 Å². The molecule has 1 aliphatic heterocycles. The molecule has 0 radical (unpaired) electrons. The maximum absolute atomic E-state index is 11.2. The summed E-state index contributed by atoms with van der Waals surface area (Å²) in [5.41, 5.74) is 0.185. The number of hydrogen-bond acceptors (Lipinski definition) is 3. The van der Waals surface area contributed by atoms with Crippen LogP contribution < -0.4 is 0 Å². The molecule has 3 heteroatoms. The quantitative estimate of drug-likeness (QED) is 0.501. The number of aliphatic hydroxyl groups is 1. The molecule has 0 aromatic carbocycles. The van der Waals surface area contributed by atoms with Crippen molar-refractivity contribution in [2.24, 2.45) is 46.3 Å². The van der Waals surface area contributed by atoms with Crippen molar-refractivity contribution in [1.82, 2.24) is 0 Å². The molecule has 0 spiro atoms. The van der Waals surface area contributed by atoms with E-state index in [4.69, 9.17) is 9.47 Å². The molecule has 2 saturated carbocycles. The zero-order valence-electron chi connectivity index (χ0n) is 21.7. The summed E-state index contributed by atoms with van der Waals surface area (Å²) < 4.78 is 12.9. The molecule has 1 N–H and O–H groups in total. The highest BCUT2D eigenvalue weighted by atomic mass is 16.7. The van der Waals surface area contributed by atoms with Crippen molar-refractivity contribution in [3.05, 3.63) is 0 Å². The average molecular weight is 437 g/mol. The molecule has 2 atom stereocenters. The highest BCUT2D eigenvalue weighted by molar-refractivity contribution is 4.96. The number of hydrogen-bond donors (Lipinski definition) is 1. The highest BCUT2D eigenvalue weighted by Crippen LogP contribution is 2.50. The van der Waals surface area contributed by atoms with Crippen molar-refractivity contribution in [3.63, 3.8) is 0 Å². The third-order valence-corrected chi connectivity index (χ3v) is 9.02. The van der Waals surface area contributed by atoms with Gasteiger partial charge in [-0.2, -0.15) is 0 Å². The van der Waals surface area contributed by atoms with Crippen LogP contribution in [-0.2, 0) is 9.47 Å². The SMILES string of the molecule is CCCCC1CCC(C2COC(C3CC(C(C)(C)C)C(O)C(C(C)(C)C)C3)OC2)CC1. The molecule has 1 saturated heterocycles. The second kappa shape index (κ2) is 10.4. The molecule has 3 aliphatic rings. The molecule has 182 valence electrons. The van der Waals surface area contributed by atoms with Crippen LogP contribution in [0.25, 0.3) is 0 Å². The van der Waals surface area contributed by atoms with Gasteiger partial charge in [0.25, 0.3) is 0 Å². The molecule has 2 aliphatic carbocycles. The van der Waals surface area contributed by atoms with E-state index < -0.39 is 0 Å². The van der Waals surface area contributed by atoms with Crippen molar-refractivity contribution in [2.45, 2.75) is 119 Å². The number of ether oxygens (including phenoxy) is 2. The average Bonchev–Trinajstić information content (AvgIpc) is 2.71. The summed E-state index contributed by atoms with van der Waals surface area (Å²) in [7, 11) is 0. The van der Waals surface area contributed by atoms with E-state index in [2.05, 4.69) is 48.5 Å². The van der Waals surface area contributed by atoms with E-state index in [0.717, 1.165) is 37.9 Å². The maximum atomic E-state index is 11.2. The summed E-state index contributed by atoms with van der Waals surface area (Å²) in [5.74, 6) is 3.30. The van der Waals surface area contributed by atoms with Crippen LogP contribution in [0.2, 0.25) is 0 Å². The second-order valence-electron chi connectivity index (χ2n) is 13.4. The molecule has 3 nitrogen and oxygen atoms in total. The van der Waals surface area contributed by atoms with E-state index >= 15 is 0 Å². The minimum atomic E-state index is -0.240. The summed E-state index contributed by atoms with van der Waals surface area (Å²) in [4.78, 5) is 0. The van der Waals surface area contributed by atoms with Gasteiger partial charge in [0.1, 0.15) is 0 Å². The lowest BCUT2D eigenvalue weighted by atomic mass is 9.58. The highest BCUT2D eigenvalue weighted by Gasteiger charge is 2.48. The summed E-state index contributed by atoms with van der Waals surface area (Å²) in [5, 5.41) is 11.2. The number of aliphatic hydroxyl groups excluding tert-OH is 1. The minimum absolute atomic E-state index is 0.0839. The van der Waals surface area contributed by atoms with Crippen molar-refractivity contribution in [2.75, 3.05) is 13.2 Å². The van der Waals surface area contributed by atoms with E-state index in [1.807, 2.05) is 0 Å². The lowest BCUT2D eigenvalue weighted by Gasteiger charge is -2.51. The van der Waals surface area contributed by atoms with Gasteiger partial charge >= 0.3 is 0 Å². The largest absolute Gasteiger partial charge is 0.393 e. The van der Waals surface area contributed by atoms with Gasteiger partial charge in [0, 0.05) is 11.8 Å². The van der Waals surface area contributed by atoms with Crippen LogP contribution in [0.15, 0.2) is 0 Å². The molecule has 0 aromatic heterocycles. The van der Waals surface area contributed by atoms with Gasteiger partial charge < -0.3 is 14.6 Å². The third kappa shape index (κ3) is 6.48. The minimum Gasteiger partial charge on any atom is -0.393 e. The molecule has 0 amide bonds. The van der Waals surface area contributed by atoms with Crippen LogP contribution in [0, 0.1) is 46.3 Å². The first-order chi connectivity index (χ1) is 14.5. The lowest BCUT2D eigenvalue weighted by Crippen LogP contribution is -2.51. The van der Waals surface area contributed by atoms with Gasteiger partial charge in [0.2, 0.25) is 0 Å². The lowest BCUT2D eigenvalue weighted by molar-refractivity contribution is -0.249. The van der Waals surface area contributed by atoms with Crippen molar-refractivity contribution < 1.29 is 14.6 Å². The predicted molar refractivity (Wildman–Crippen MR) is 129 cm³/mol. The topological polar surface area (TPSA) is 38.7 Å². The van der Waals surface area contributed by atoms with Gasteiger partial charge in [-0.1, -0.05) is 80.6 Å². The van der Waals surface area contributed by atoms with E-state index in [0.29, 0.717) is 23.7 Å². The smallest absolute Gasteiger partial charge is 0.160 e. The van der Waals surface area contributed by atoms with E-state index in [9.17, 15) is 5.11 Å². The predicted octanol–water partition coefficient (Wildman–Crippen LogP) is 7.07. The third-order valence-electron chi connectivity index (χ3n) is 9.02. The van der Waals surface area contributed by atoms with E-state index in [-0.39, 0.29) is 23.2 Å². The van der Waals surface area contributed by atoms with Crippen LogP contribution in [0.3, 0.4) is 0 Å². The Morgan fingerprint density at radius 1 is 0.742 bits per heavy atom. The molecule has 0 aromatic rings. The second-order valence-corrected chi connectivity index (χ2v) is 13.4. The summed E-state index contributed by atoms with van der Waals surface area (Å²) >= 11 is 0. The maximum Gasteiger partial charge on any atom is 0.160 e. The molecule has 2 unspecified atom stereocenters. The first kappa shape index (κ1) is 25.5. The van der Waals surface area contributed by atoms with Gasteiger partial charge in [0.05, 0.1) is 19.3 Å². The van der Waals surface area contributed by atoms with Crippen molar-refractivity contribution >= 4 is 0 Å². The zero-order valence-corrected chi connectivity index (χ0v) is 21.7. The summed E-state index contributed by atoms with van der Waals surface area (Å²) in [6, 6.07) is 0. The molecular formula is C28H52O3. The number of rotatable bonds is 5. The van der Waals surface area contributed by atoms with Crippen molar-refractivity contribution in [3.8, 4) is 0 Å². The molecule has 3 fully saturated rings. The Bertz CT molecular complexity index is 505. The van der Waals surface area contributed by atoms with Gasteiger partial charge in [-0.3, -0.25) is 0 Å². The standard InChI is InChI=1S/C28H52O3/c1-8-9-10-19-11-13-20(14-12-19)22-17-30-26(31-18-22)21-15-23(27(2,3)4)25(29)24(16-21)28(5,6)7/h19-26,29H,8-18H2,1-7H3. The number of unbranched alkanes of at least 4 members (excludes halogenated alkanes) is 1. The van der Waals surface area contributed by atoms with Crippen LogP contribution in [0.4, 0.5) is 0 Å². The first-order valence-corrected chi connectivity index (χ1v) is 13.4. The van der Waals surface area contributed by atoms with Gasteiger partial charge in [-0.05, 0) is 60.2 Å². The van der Waals surface area contributed by atoms with Crippen LogP contribution in [-0.4, -0.2) is 30.7 Å². The van der Waals surface area contributed by atoms with Crippen LogP contribution in [0.5, 0.6) is 0 Å². The zero-order chi connectivity index (χ0) is 22.8. The summed E-state index contributed by atoms with van der Waals surface area (Å²) in [6.45, 7) is 17.7. The Hall–Kier alpha value is -0.120. The Balaban J connectivity index is 1.55. The van der Waals surface area contributed by atoms with Crippen LogP contribution >= 0.6 is 0 Å². The van der Waals surface area contributed by atoms with E-state index in [1.54, 1.807) is 0 Å². The van der Waals surface area contributed by atoms with Gasteiger partial charge in [-0.15, -0.1) is 0 Å². The van der Waals surface area contributed by atoms with Crippen LogP contribution in [0.1, 0.15) is 106 Å². The molecule has 3 rings (SSSR count). The summed E-state index contributed by atoms with van der Waals surface area (Å²) in [6.07, 6.45) is 11.4. The Kier molecular flexibility index (Phi) is 8.58. The van der Waals surface area contributed by atoms with E-state index in [1.165, 1.54) is 44.9 Å². The molecule has 0 bridgehead atoms. The fourth-order valence-electron chi connectivity index (χ4n) is 6.78. The Labute approximate surface area is 193 Å². The van der Waals surface area contributed by atoms with Gasteiger partial charge in [0.15, 0.2) is 6.29 Å².